The molecule has 5 heteroatoms. The van der Waals surface area contributed by atoms with E-state index >= 15 is 0 Å². The number of hydrogen-bond acceptors (Lipinski definition) is 3. The number of ether oxygens (including phenoxy) is 1. The van der Waals surface area contributed by atoms with Gasteiger partial charge in [-0.05, 0) is 30.5 Å². The Kier molecular flexibility index (Phi) is 4.50. The number of carbonyl (C=O) groups is 1. The summed E-state index contributed by atoms with van der Waals surface area (Å²) in [5.74, 6) is -0.330. The number of carbonyl (C=O) groups excluding carboxylic acids is 1. The van der Waals surface area contributed by atoms with Crippen molar-refractivity contribution in [2.45, 2.75) is 18.3 Å². The lowest BCUT2D eigenvalue weighted by Crippen LogP contribution is -2.36. The molecule has 0 atom stereocenters. The first-order valence-corrected chi connectivity index (χ1v) is 6.42. The van der Waals surface area contributed by atoms with Crippen LogP contribution < -0.4 is 5.32 Å². The highest BCUT2D eigenvalue weighted by Gasteiger charge is 2.50. The minimum atomic E-state index is -0.481. The third-order valence-electron chi connectivity index (χ3n) is 3.35. The summed E-state index contributed by atoms with van der Waals surface area (Å²) < 4.78 is 18.0. The van der Waals surface area contributed by atoms with Gasteiger partial charge in [-0.25, -0.2) is 4.39 Å². The van der Waals surface area contributed by atoms with Crippen molar-refractivity contribution in [2.75, 3.05) is 26.4 Å². The molecule has 1 aliphatic carbocycles. The van der Waals surface area contributed by atoms with Crippen LogP contribution in [0.3, 0.4) is 0 Å². The average Bonchev–Trinajstić information content (AvgIpc) is 3.21. The Bertz CT molecular complexity index is 429. The zero-order valence-corrected chi connectivity index (χ0v) is 10.7. The van der Waals surface area contributed by atoms with Gasteiger partial charge in [0.1, 0.15) is 5.82 Å². The predicted octanol–water partition coefficient (Wildman–Crippen LogP) is 0.982. The number of hydrogen-bond donors (Lipinski definition) is 2. The maximum Gasteiger partial charge on any atom is 0.230 e. The predicted molar refractivity (Wildman–Crippen MR) is 68.2 cm³/mol. The van der Waals surface area contributed by atoms with Crippen molar-refractivity contribution in [3.63, 3.8) is 0 Å². The molecule has 0 saturated heterocycles. The standard InChI is InChI=1S/C14H18FNO3/c15-12-3-1-11(2-4-12)14(5-6-14)13(18)16-7-9-19-10-8-17/h1-4,17H,5-10H2,(H,16,18). The minimum Gasteiger partial charge on any atom is -0.394 e. The molecule has 1 saturated carbocycles. The van der Waals surface area contributed by atoms with Gasteiger partial charge in [0.15, 0.2) is 0 Å². The number of halogens is 1. The van der Waals surface area contributed by atoms with Crippen molar-refractivity contribution in [2.24, 2.45) is 0 Å². The third-order valence-corrected chi connectivity index (χ3v) is 3.35. The van der Waals surface area contributed by atoms with E-state index in [-0.39, 0.29) is 24.9 Å². The van der Waals surface area contributed by atoms with E-state index in [0.717, 1.165) is 18.4 Å². The van der Waals surface area contributed by atoms with E-state index in [4.69, 9.17) is 9.84 Å². The van der Waals surface area contributed by atoms with Gasteiger partial charge in [0.25, 0.3) is 0 Å². The van der Waals surface area contributed by atoms with E-state index in [1.807, 2.05) is 0 Å². The van der Waals surface area contributed by atoms with E-state index < -0.39 is 5.41 Å². The Balaban J connectivity index is 1.86. The van der Waals surface area contributed by atoms with Crippen LogP contribution in [0.2, 0.25) is 0 Å². The van der Waals surface area contributed by atoms with Gasteiger partial charge in [-0.15, -0.1) is 0 Å². The lowest BCUT2D eigenvalue weighted by atomic mass is 9.95. The molecule has 0 bridgehead atoms. The molecule has 0 unspecified atom stereocenters. The first-order chi connectivity index (χ1) is 9.19. The molecule has 1 fully saturated rings. The van der Waals surface area contributed by atoms with Crippen LogP contribution in [0.1, 0.15) is 18.4 Å². The van der Waals surface area contributed by atoms with E-state index in [1.165, 1.54) is 12.1 Å². The molecule has 1 aromatic rings. The van der Waals surface area contributed by atoms with Gasteiger partial charge >= 0.3 is 0 Å². The average molecular weight is 267 g/mol. The highest BCUT2D eigenvalue weighted by molar-refractivity contribution is 5.91. The Morgan fingerprint density at radius 1 is 1.32 bits per heavy atom. The minimum absolute atomic E-state index is 0.0204. The highest BCUT2D eigenvalue weighted by Crippen LogP contribution is 2.48. The fourth-order valence-electron chi connectivity index (χ4n) is 2.11. The topological polar surface area (TPSA) is 58.6 Å². The van der Waals surface area contributed by atoms with Crippen LogP contribution in [0.4, 0.5) is 4.39 Å². The summed E-state index contributed by atoms with van der Waals surface area (Å²) in [5.41, 5.74) is 0.382. The molecule has 1 amide bonds. The van der Waals surface area contributed by atoms with Crippen LogP contribution in [0.15, 0.2) is 24.3 Å². The van der Waals surface area contributed by atoms with Crippen molar-refractivity contribution in [1.29, 1.82) is 0 Å². The lowest BCUT2D eigenvalue weighted by Gasteiger charge is -2.15. The SMILES string of the molecule is O=C(NCCOCCO)C1(c2ccc(F)cc2)CC1. The Hall–Kier alpha value is -1.46. The molecule has 0 aliphatic heterocycles. The second-order valence-electron chi connectivity index (χ2n) is 4.68. The second-order valence-corrected chi connectivity index (χ2v) is 4.68. The first kappa shape index (κ1) is 14.0. The van der Waals surface area contributed by atoms with Crippen molar-refractivity contribution < 1.29 is 19.0 Å². The Morgan fingerprint density at radius 2 is 2.00 bits per heavy atom. The summed E-state index contributed by atoms with van der Waals surface area (Å²) in [4.78, 5) is 12.1. The molecular formula is C14H18FNO3. The van der Waals surface area contributed by atoms with Crippen LogP contribution in [0.25, 0.3) is 0 Å². The van der Waals surface area contributed by atoms with Crippen molar-refractivity contribution in [1.82, 2.24) is 5.32 Å². The molecule has 2 rings (SSSR count). The summed E-state index contributed by atoms with van der Waals surface area (Å²) in [5, 5.41) is 11.4. The largest absolute Gasteiger partial charge is 0.394 e. The maximum absolute atomic E-state index is 12.9. The number of benzene rings is 1. The molecule has 1 aliphatic rings. The monoisotopic (exact) mass is 267 g/mol. The van der Waals surface area contributed by atoms with Gasteiger partial charge in [0.2, 0.25) is 5.91 Å². The van der Waals surface area contributed by atoms with Crippen molar-refractivity contribution in [3.8, 4) is 0 Å². The number of amides is 1. The fraction of sp³-hybridized carbons (Fsp3) is 0.500. The van der Waals surface area contributed by atoms with Gasteiger partial charge in [0.05, 0.1) is 25.2 Å². The van der Waals surface area contributed by atoms with Crippen molar-refractivity contribution in [3.05, 3.63) is 35.6 Å². The molecule has 4 nitrogen and oxygen atoms in total. The summed E-state index contributed by atoms with van der Waals surface area (Å²) >= 11 is 0. The quantitative estimate of drug-likeness (QED) is 0.724. The highest BCUT2D eigenvalue weighted by atomic mass is 19.1. The molecule has 0 aromatic heterocycles. The van der Waals surface area contributed by atoms with Crippen LogP contribution in [0, 0.1) is 5.82 Å². The Labute approximate surface area is 111 Å². The summed E-state index contributed by atoms with van der Waals surface area (Å²) in [6, 6.07) is 6.11. The van der Waals surface area contributed by atoms with Crippen LogP contribution in [-0.2, 0) is 14.9 Å². The summed E-state index contributed by atoms with van der Waals surface area (Å²) in [6.07, 6.45) is 1.59. The van der Waals surface area contributed by atoms with E-state index in [2.05, 4.69) is 5.32 Å². The smallest absolute Gasteiger partial charge is 0.230 e. The molecule has 0 spiro atoms. The molecule has 19 heavy (non-hydrogen) atoms. The molecule has 0 radical (unpaired) electrons. The van der Waals surface area contributed by atoms with Gasteiger partial charge < -0.3 is 15.2 Å². The number of aliphatic hydroxyl groups is 1. The molecule has 0 heterocycles. The third kappa shape index (κ3) is 3.30. The maximum atomic E-state index is 12.9. The molecule has 104 valence electrons. The van der Waals surface area contributed by atoms with Crippen molar-refractivity contribution >= 4 is 5.91 Å². The lowest BCUT2D eigenvalue weighted by molar-refractivity contribution is -0.123. The summed E-state index contributed by atoms with van der Waals surface area (Å²) in [7, 11) is 0. The molecule has 1 aromatic carbocycles. The van der Waals surface area contributed by atoms with Gasteiger partial charge in [-0.3, -0.25) is 4.79 Å². The summed E-state index contributed by atoms with van der Waals surface area (Å²) in [6.45, 7) is 1.06. The fourth-order valence-corrected chi connectivity index (χ4v) is 2.11. The Morgan fingerprint density at radius 3 is 2.58 bits per heavy atom. The first-order valence-electron chi connectivity index (χ1n) is 6.42. The van der Waals surface area contributed by atoms with E-state index in [1.54, 1.807) is 12.1 Å². The molecular weight excluding hydrogens is 249 g/mol. The van der Waals surface area contributed by atoms with Crippen LogP contribution >= 0.6 is 0 Å². The van der Waals surface area contributed by atoms with E-state index in [0.29, 0.717) is 13.2 Å². The number of rotatable bonds is 7. The zero-order valence-electron chi connectivity index (χ0n) is 10.7. The van der Waals surface area contributed by atoms with Gasteiger partial charge in [-0.2, -0.15) is 0 Å². The number of nitrogens with one attached hydrogen (secondary N) is 1. The van der Waals surface area contributed by atoms with Gasteiger partial charge in [0, 0.05) is 6.54 Å². The van der Waals surface area contributed by atoms with Crippen LogP contribution in [0.5, 0.6) is 0 Å². The zero-order chi connectivity index (χ0) is 13.7. The van der Waals surface area contributed by atoms with Crippen LogP contribution in [-0.4, -0.2) is 37.4 Å². The second kappa shape index (κ2) is 6.12. The number of aliphatic hydroxyl groups excluding tert-OH is 1. The van der Waals surface area contributed by atoms with Gasteiger partial charge in [-0.1, -0.05) is 12.1 Å². The molecule has 2 N–H and O–H groups in total. The van der Waals surface area contributed by atoms with E-state index in [9.17, 15) is 9.18 Å². The normalized spacial score (nSPS) is 16.1.